The number of amides is 1. The highest BCUT2D eigenvalue weighted by molar-refractivity contribution is 5.93. The minimum Gasteiger partial charge on any atom is -0.370 e. The summed E-state index contributed by atoms with van der Waals surface area (Å²) in [6.45, 7) is 0.477. The van der Waals surface area contributed by atoms with Crippen LogP contribution in [0.3, 0.4) is 0 Å². The van der Waals surface area contributed by atoms with Crippen LogP contribution in [0.25, 0.3) is 0 Å². The van der Waals surface area contributed by atoms with Crippen LogP contribution in [-0.4, -0.2) is 49.6 Å². The highest BCUT2D eigenvalue weighted by atomic mass is 16.5. The van der Waals surface area contributed by atoms with Crippen LogP contribution in [0.1, 0.15) is 36.8 Å². The smallest absolute Gasteiger partial charge is 0.251 e. The van der Waals surface area contributed by atoms with Crippen molar-refractivity contribution in [3.05, 3.63) is 29.3 Å². The number of aryl methyl sites for hydroxylation is 1. The zero-order valence-electron chi connectivity index (χ0n) is 15.1. The molecule has 1 saturated heterocycles. The molecule has 0 bridgehead atoms. The van der Waals surface area contributed by atoms with Gasteiger partial charge in [0.15, 0.2) is 5.96 Å². The molecule has 0 saturated carbocycles. The number of fused-ring (bicyclic) bond motifs is 1. The van der Waals surface area contributed by atoms with Crippen LogP contribution in [-0.2, 0) is 22.4 Å². The van der Waals surface area contributed by atoms with Crippen LogP contribution in [0.4, 0.5) is 5.69 Å². The highest BCUT2D eigenvalue weighted by Gasteiger charge is 2.31. The molecule has 3 rings (SSSR count). The Morgan fingerprint density at radius 3 is 2.92 bits per heavy atom. The van der Waals surface area contributed by atoms with Crippen molar-refractivity contribution in [3.63, 3.8) is 0 Å². The number of ether oxygens (including phenoxy) is 1. The normalized spacial score (nSPS) is 23.2. The Hall–Kier alpha value is -2.08. The molecule has 1 aliphatic heterocycles. The monoisotopic (exact) mass is 344 g/mol. The molecule has 136 valence electrons. The third-order valence-corrected chi connectivity index (χ3v) is 4.95. The van der Waals surface area contributed by atoms with Gasteiger partial charge in [0.05, 0.1) is 12.6 Å². The molecule has 0 spiro atoms. The number of nitrogens with two attached hydrogens (primary N) is 1. The SMILES string of the molecule is CN(C)C(=O)C1CCC(CN=C(N)Nc2cccc3c2CCCC3)O1. The van der Waals surface area contributed by atoms with E-state index in [4.69, 9.17) is 10.5 Å². The topological polar surface area (TPSA) is 80.0 Å². The third-order valence-electron chi connectivity index (χ3n) is 4.95. The number of nitrogens with zero attached hydrogens (tertiary/aromatic N) is 2. The lowest BCUT2D eigenvalue weighted by molar-refractivity contribution is -0.140. The lowest BCUT2D eigenvalue weighted by Crippen LogP contribution is -2.34. The third kappa shape index (κ3) is 4.31. The zero-order chi connectivity index (χ0) is 17.8. The number of carbonyl (C=O) groups is 1. The van der Waals surface area contributed by atoms with E-state index in [1.54, 1.807) is 19.0 Å². The van der Waals surface area contributed by atoms with Gasteiger partial charge >= 0.3 is 0 Å². The second-order valence-corrected chi connectivity index (χ2v) is 7.06. The maximum atomic E-state index is 11.9. The summed E-state index contributed by atoms with van der Waals surface area (Å²) in [5, 5.41) is 3.24. The summed E-state index contributed by atoms with van der Waals surface area (Å²) in [6.07, 6.45) is 5.90. The molecule has 0 aromatic heterocycles. The van der Waals surface area contributed by atoms with E-state index in [-0.39, 0.29) is 18.1 Å². The summed E-state index contributed by atoms with van der Waals surface area (Å²) in [5.41, 5.74) is 9.90. The molecule has 1 fully saturated rings. The van der Waals surface area contributed by atoms with Gasteiger partial charge in [-0.3, -0.25) is 9.79 Å². The summed E-state index contributed by atoms with van der Waals surface area (Å²) in [5.74, 6) is 0.429. The molecular weight excluding hydrogens is 316 g/mol. The van der Waals surface area contributed by atoms with E-state index in [0.29, 0.717) is 12.5 Å². The van der Waals surface area contributed by atoms with E-state index in [1.165, 1.54) is 24.0 Å². The predicted molar refractivity (Wildman–Crippen MR) is 99.8 cm³/mol. The standard InChI is InChI=1S/C19H28N4O2/c1-23(2)18(24)17-11-10-14(25-17)12-21-19(20)22-16-9-5-7-13-6-3-4-8-15(13)16/h5,7,9,14,17H,3-4,6,8,10-12H2,1-2H3,(H3,20,21,22). The molecule has 0 radical (unpaired) electrons. The van der Waals surface area contributed by atoms with Crippen molar-refractivity contribution in [1.29, 1.82) is 0 Å². The van der Waals surface area contributed by atoms with Crippen molar-refractivity contribution in [2.24, 2.45) is 10.7 Å². The Kier molecular flexibility index (Phi) is 5.58. The molecule has 2 atom stereocenters. The number of guanidine groups is 1. The predicted octanol–water partition coefficient (Wildman–Crippen LogP) is 1.93. The fourth-order valence-corrected chi connectivity index (χ4v) is 3.59. The van der Waals surface area contributed by atoms with E-state index in [0.717, 1.165) is 31.4 Å². The number of carbonyl (C=O) groups excluding carboxylic acids is 1. The number of hydrogen-bond acceptors (Lipinski definition) is 3. The Morgan fingerprint density at radius 1 is 1.32 bits per heavy atom. The molecule has 1 heterocycles. The van der Waals surface area contributed by atoms with E-state index >= 15 is 0 Å². The van der Waals surface area contributed by atoms with Crippen LogP contribution in [0, 0.1) is 0 Å². The van der Waals surface area contributed by atoms with Crippen molar-refractivity contribution < 1.29 is 9.53 Å². The van der Waals surface area contributed by atoms with Gasteiger partial charge in [0.2, 0.25) is 0 Å². The van der Waals surface area contributed by atoms with Gasteiger partial charge in [0.25, 0.3) is 5.91 Å². The fraction of sp³-hybridized carbons (Fsp3) is 0.579. The zero-order valence-corrected chi connectivity index (χ0v) is 15.1. The van der Waals surface area contributed by atoms with Gasteiger partial charge in [-0.2, -0.15) is 0 Å². The average molecular weight is 344 g/mol. The summed E-state index contributed by atoms with van der Waals surface area (Å²) in [6, 6.07) is 6.32. The molecule has 1 aliphatic carbocycles. The first-order chi connectivity index (χ1) is 12.0. The number of rotatable bonds is 4. The van der Waals surface area contributed by atoms with Crippen LogP contribution >= 0.6 is 0 Å². The fourth-order valence-electron chi connectivity index (χ4n) is 3.59. The summed E-state index contributed by atoms with van der Waals surface area (Å²) in [4.78, 5) is 17.9. The lowest BCUT2D eigenvalue weighted by Gasteiger charge is -2.20. The van der Waals surface area contributed by atoms with Crippen molar-refractivity contribution in [3.8, 4) is 0 Å². The molecule has 1 aromatic carbocycles. The quantitative estimate of drug-likeness (QED) is 0.646. The molecule has 6 nitrogen and oxygen atoms in total. The first-order valence-corrected chi connectivity index (χ1v) is 9.09. The average Bonchev–Trinajstić information content (AvgIpc) is 3.08. The first-order valence-electron chi connectivity index (χ1n) is 9.09. The number of nitrogens with one attached hydrogen (secondary N) is 1. The van der Waals surface area contributed by atoms with Crippen LogP contribution in [0.15, 0.2) is 23.2 Å². The van der Waals surface area contributed by atoms with E-state index < -0.39 is 0 Å². The number of benzene rings is 1. The second-order valence-electron chi connectivity index (χ2n) is 7.06. The Morgan fingerprint density at radius 2 is 2.12 bits per heavy atom. The number of likely N-dealkylation sites (N-methyl/N-ethyl adjacent to an activating group) is 1. The van der Waals surface area contributed by atoms with Gasteiger partial charge in [-0.1, -0.05) is 12.1 Å². The highest BCUT2D eigenvalue weighted by Crippen LogP contribution is 2.27. The summed E-state index contributed by atoms with van der Waals surface area (Å²) < 4.78 is 5.79. The minimum absolute atomic E-state index is 0.0217. The van der Waals surface area contributed by atoms with Gasteiger partial charge in [0.1, 0.15) is 6.10 Å². The van der Waals surface area contributed by atoms with Gasteiger partial charge in [-0.05, 0) is 55.7 Å². The van der Waals surface area contributed by atoms with Crippen molar-refractivity contribution in [1.82, 2.24) is 4.90 Å². The van der Waals surface area contributed by atoms with Crippen LogP contribution < -0.4 is 11.1 Å². The maximum absolute atomic E-state index is 11.9. The largest absolute Gasteiger partial charge is 0.370 e. The van der Waals surface area contributed by atoms with E-state index in [1.807, 2.05) is 0 Å². The lowest BCUT2D eigenvalue weighted by atomic mass is 9.90. The molecular formula is C19H28N4O2. The summed E-state index contributed by atoms with van der Waals surface area (Å²) in [7, 11) is 3.50. The van der Waals surface area contributed by atoms with Crippen LogP contribution in [0.2, 0.25) is 0 Å². The molecule has 1 aromatic rings. The molecule has 6 heteroatoms. The Labute approximate surface area is 149 Å². The van der Waals surface area contributed by atoms with E-state index in [9.17, 15) is 4.79 Å². The minimum atomic E-state index is -0.342. The first kappa shape index (κ1) is 17.7. The van der Waals surface area contributed by atoms with E-state index in [2.05, 4.69) is 28.5 Å². The van der Waals surface area contributed by atoms with Crippen LogP contribution in [0.5, 0.6) is 0 Å². The maximum Gasteiger partial charge on any atom is 0.251 e. The summed E-state index contributed by atoms with van der Waals surface area (Å²) >= 11 is 0. The van der Waals surface area contributed by atoms with Crippen molar-refractivity contribution in [2.75, 3.05) is 26.0 Å². The molecule has 3 N–H and O–H groups in total. The second kappa shape index (κ2) is 7.87. The number of hydrogen-bond donors (Lipinski definition) is 2. The molecule has 2 unspecified atom stereocenters. The Balaban J connectivity index is 1.56. The number of aliphatic imine (C=N–C) groups is 1. The molecule has 25 heavy (non-hydrogen) atoms. The number of anilines is 1. The molecule has 1 amide bonds. The Bertz CT molecular complexity index is 657. The van der Waals surface area contributed by atoms with Gasteiger partial charge in [-0.15, -0.1) is 0 Å². The van der Waals surface area contributed by atoms with Crippen molar-refractivity contribution in [2.45, 2.75) is 50.7 Å². The van der Waals surface area contributed by atoms with Gasteiger partial charge in [0, 0.05) is 19.8 Å². The molecule has 2 aliphatic rings. The van der Waals surface area contributed by atoms with Gasteiger partial charge < -0.3 is 20.7 Å². The van der Waals surface area contributed by atoms with Crippen molar-refractivity contribution >= 4 is 17.6 Å². The van der Waals surface area contributed by atoms with Gasteiger partial charge in [-0.25, -0.2) is 0 Å².